The summed E-state index contributed by atoms with van der Waals surface area (Å²) in [5, 5.41) is 18.5. The molecule has 0 saturated heterocycles. The van der Waals surface area contributed by atoms with E-state index in [4.69, 9.17) is 5.11 Å². The second-order valence-electron chi connectivity index (χ2n) is 4.45. The van der Waals surface area contributed by atoms with Crippen LogP contribution in [0.5, 0.6) is 0 Å². The van der Waals surface area contributed by atoms with E-state index in [0.29, 0.717) is 18.8 Å². The lowest BCUT2D eigenvalue weighted by Crippen LogP contribution is -2.33. The third-order valence-corrected chi connectivity index (χ3v) is 2.77. The fraction of sp³-hybridized carbons (Fsp3) is 0.667. The Hall–Kier alpha value is -1.56. The lowest BCUT2D eigenvalue weighted by molar-refractivity contribution is 0.243. The van der Waals surface area contributed by atoms with Crippen LogP contribution in [0.15, 0.2) is 6.07 Å². The minimum Gasteiger partial charge on any atom is -0.396 e. The highest BCUT2D eigenvalue weighted by Crippen LogP contribution is 2.09. The van der Waals surface area contributed by atoms with Gasteiger partial charge in [0.15, 0.2) is 0 Å². The largest absolute Gasteiger partial charge is 0.396 e. The number of carbonyl (C=O) groups is 1. The summed E-state index contributed by atoms with van der Waals surface area (Å²) < 4.78 is 1.65. The third-order valence-electron chi connectivity index (χ3n) is 2.77. The molecule has 0 saturated carbocycles. The molecule has 0 fully saturated rings. The molecule has 1 atom stereocenters. The highest BCUT2D eigenvalue weighted by Gasteiger charge is 2.08. The first-order valence-electron chi connectivity index (χ1n) is 6.25. The number of aryl methyl sites for hydroxylation is 2. The van der Waals surface area contributed by atoms with Crippen LogP contribution in [0.4, 0.5) is 10.6 Å². The van der Waals surface area contributed by atoms with E-state index < -0.39 is 0 Å². The molecule has 1 aromatic rings. The van der Waals surface area contributed by atoms with Crippen molar-refractivity contribution in [2.24, 2.45) is 13.0 Å². The van der Waals surface area contributed by atoms with E-state index in [9.17, 15) is 4.79 Å². The van der Waals surface area contributed by atoms with Crippen molar-refractivity contribution in [2.75, 3.05) is 18.5 Å². The first-order chi connectivity index (χ1) is 8.56. The smallest absolute Gasteiger partial charge is 0.320 e. The average molecular weight is 254 g/mol. The topological polar surface area (TPSA) is 79.2 Å². The third kappa shape index (κ3) is 4.37. The van der Waals surface area contributed by atoms with Gasteiger partial charge in [-0.1, -0.05) is 13.8 Å². The lowest BCUT2D eigenvalue weighted by atomic mass is 10.1. The van der Waals surface area contributed by atoms with Crippen molar-refractivity contribution in [3.8, 4) is 0 Å². The number of rotatable bonds is 6. The molecular formula is C12H22N4O2. The normalized spacial score (nSPS) is 12.2. The van der Waals surface area contributed by atoms with E-state index in [-0.39, 0.29) is 18.6 Å². The van der Waals surface area contributed by atoms with Crippen LogP contribution in [-0.2, 0) is 13.5 Å². The maximum absolute atomic E-state index is 11.6. The molecule has 0 aliphatic heterocycles. The molecule has 3 N–H and O–H groups in total. The summed E-state index contributed by atoms with van der Waals surface area (Å²) in [4.78, 5) is 11.6. The lowest BCUT2D eigenvalue weighted by Gasteiger charge is -2.11. The highest BCUT2D eigenvalue weighted by atomic mass is 16.3. The van der Waals surface area contributed by atoms with Crippen molar-refractivity contribution in [3.05, 3.63) is 11.8 Å². The van der Waals surface area contributed by atoms with Crippen molar-refractivity contribution in [1.82, 2.24) is 15.1 Å². The Morgan fingerprint density at radius 1 is 1.61 bits per heavy atom. The zero-order chi connectivity index (χ0) is 13.5. The Balaban J connectivity index is 2.41. The predicted molar refractivity (Wildman–Crippen MR) is 70.5 cm³/mol. The number of aromatic nitrogens is 2. The molecule has 0 spiro atoms. The quantitative estimate of drug-likeness (QED) is 0.712. The van der Waals surface area contributed by atoms with Gasteiger partial charge in [0.05, 0.1) is 5.69 Å². The SMILES string of the molecule is CCc1cc(NC(=O)NCC(C)CCO)n(C)n1. The summed E-state index contributed by atoms with van der Waals surface area (Å²) in [5.41, 5.74) is 0.946. The van der Waals surface area contributed by atoms with Crippen LogP contribution in [0.2, 0.25) is 0 Å². The van der Waals surface area contributed by atoms with Crippen molar-refractivity contribution >= 4 is 11.8 Å². The molecule has 0 aliphatic rings. The van der Waals surface area contributed by atoms with Crippen LogP contribution in [0.3, 0.4) is 0 Å². The van der Waals surface area contributed by atoms with E-state index >= 15 is 0 Å². The van der Waals surface area contributed by atoms with Gasteiger partial charge < -0.3 is 10.4 Å². The van der Waals surface area contributed by atoms with Gasteiger partial charge in [0.25, 0.3) is 0 Å². The summed E-state index contributed by atoms with van der Waals surface area (Å²) in [5.74, 6) is 0.942. The van der Waals surface area contributed by atoms with Gasteiger partial charge in [-0.3, -0.25) is 10.00 Å². The van der Waals surface area contributed by atoms with E-state index in [1.54, 1.807) is 11.7 Å². The van der Waals surface area contributed by atoms with Crippen molar-refractivity contribution in [2.45, 2.75) is 26.7 Å². The second-order valence-corrected chi connectivity index (χ2v) is 4.45. The maximum atomic E-state index is 11.6. The second kappa shape index (κ2) is 7.00. The minimum atomic E-state index is -0.245. The molecule has 102 valence electrons. The van der Waals surface area contributed by atoms with Crippen LogP contribution in [0, 0.1) is 5.92 Å². The Labute approximate surface area is 107 Å². The van der Waals surface area contributed by atoms with Crippen LogP contribution >= 0.6 is 0 Å². The monoisotopic (exact) mass is 254 g/mol. The molecule has 0 aromatic carbocycles. The van der Waals surface area contributed by atoms with E-state index in [2.05, 4.69) is 15.7 Å². The number of aliphatic hydroxyl groups excluding tert-OH is 1. The van der Waals surface area contributed by atoms with Gasteiger partial charge in [0.1, 0.15) is 5.82 Å². The first-order valence-corrected chi connectivity index (χ1v) is 6.25. The first kappa shape index (κ1) is 14.5. The maximum Gasteiger partial charge on any atom is 0.320 e. The minimum absolute atomic E-state index is 0.145. The zero-order valence-corrected chi connectivity index (χ0v) is 11.2. The number of nitrogens with zero attached hydrogens (tertiary/aromatic N) is 2. The molecule has 1 unspecified atom stereocenters. The van der Waals surface area contributed by atoms with Crippen LogP contribution in [-0.4, -0.2) is 34.1 Å². The summed E-state index contributed by atoms with van der Waals surface area (Å²) in [6, 6.07) is 1.61. The van der Waals surface area contributed by atoms with Crippen LogP contribution in [0.1, 0.15) is 26.0 Å². The Morgan fingerprint density at radius 3 is 2.89 bits per heavy atom. The molecule has 18 heavy (non-hydrogen) atoms. The Bertz CT molecular complexity index is 389. The molecule has 6 heteroatoms. The zero-order valence-electron chi connectivity index (χ0n) is 11.2. The summed E-state index contributed by atoms with van der Waals surface area (Å²) in [7, 11) is 1.79. The standard InChI is InChI=1S/C12H22N4O2/c1-4-10-7-11(16(3)15-10)14-12(18)13-8-9(2)5-6-17/h7,9,17H,4-6,8H2,1-3H3,(H2,13,14,18). The van der Waals surface area contributed by atoms with Crippen LogP contribution < -0.4 is 10.6 Å². The van der Waals surface area contributed by atoms with E-state index in [1.807, 2.05) is 19.9 Å². The van der Waals surface area contributed by atoms with Crippen molar-refractivity contribution in [3.63, 3.8) is 0 Å². The van der Waals surface area contributed by atoms with Gasteiger partial charge in [0, 0.05) is 26.3 Å². The van der Waals surface area contributed by atoms with Gasteiger partial charge in [-0.05, 0) is 18.8 Å². The molecule has 0 radical (unpaired) electrons. The van der Waals surface area contributed by atoms with Gasteiger partial charge in [-0.25, -0.2) is 4.79 Å². The molecule has 0 bridgehead atoms. The van der Waals surface area contributed by atoms with Crippen LogP contribution in [0.25, 0.3) is 0 Å². The summed E-state index contributed by atoms with van der Waals surface area (Å²) in [6.45, 7) is 4.69. The van der Waals surface area contributed by atoms with Crippen molar-refractivity contribution < 1.29 is 9.90 Å². The molecule has 1 aromatic heterocycles. The Kier molecular flexibility index (Phi) is 5.64. The fourth-order valence-corrected chi connectivity index (χ4v) is 1.57. The average Bonchev–Trinajstić information content (AvgIpc) is 2.68. The number of hydrogen-bond acceptors (Lipinski definition) is 3. The van der Waals surface area contributed by atoms with Gasteiger partial charge in [-0.2, -0.15) is 5.10 Å². The number of amides is 2. The molecule has 1 heterocycles. The number of nitrogens with one attached hydrogen (secondary N) is 2. The van der Waals surface area contributed by atoms with Gasteiger partial charge in [0.2, 0.25) is 0 Å². The van der Waals surface area contributed by atoms with E-state index in [0.717, 1.165) is 12.1 Å². The Morgan fingerprint density at radius 2 is 2.33 bits per heavy atom. The predicted octanol–water partition coefficient (Wildman–Crippen LogP) is 1.12. The number of anilines is 1. The van der Waals surface area contributed by atoms with E-state index in [1.165, 1.54) is 0 Å². The molecule has 0 aliphatic carbocycles. The number of hydrogen-bond donors (Lipinski definition) is 3. The number of carbonyl (C=O) groups excluding carboxylic acids is 1. The number of urea groups is 1. The summed E-state index contributed by atoms with van der Waals surface area (Å²) >= 11 is 0. The van der Waals surface area contributed by atoms with Gasteiger partial charge in [-0.15, -0.1) is 0 Å². The molecule has 6 nitrogen and oxygen atoms in total. The molecule has 1 rings (SSSR count). The highest BCUT2D eigenvalue weighted by molar-refractivity contribution is 5.88. The number of aliphatic hydroxyl groups is 1. The van der Waals surface area contributed by atoms with Gasteiger partial charge >= 0.3 is 6.03 Å². The summed E-state index contributed by atoms with van der Waals surface area (Å²) in [6.07, 6.45) is 1.52. The fourth-order valence-electron chi connectivity index (χ4n) is 1.57. The van der Waals surface area contributed by atoms with Crippen molar-refractivity contribution in [1.29, 1.82) is 0 Å². The molecular weight excluding hydrogens is 232 g/mol. The molecule has 2 amide bonds.